The largest absolute Gasteiger partial charge is 0.369 e. The predicted octanol–water partition coefficient (Wildman–Crippen LogP) is 1.11. The molecule has 2 fully saturated rings. The Balaban J connectivity index is 1.61. The van der Waals surface area contributed by atoms with Crippen LogP contribution in [0.4, 0.5) is 0 Å². The molecule has 1 aliphatic heterocycles. The molecule has 0 spiro atoms. The molecule has 148 valence electrons. The van der Waals surface area contributed by atoms with Crippen LogP contribution in [0.5, 0.6) is 0 Å². The fourth-order valence-electron chi connectivity index (χ4n) is 4.83. The zero-order valence-electron chi connectivity index (χ0n) is 16.4. The zero-order chi connectivity index (χ0) is 20.5. The molecular formula is C22H22N4O3. The van der Waals surface area contributed by atoms with Gasteiger partial charge in [-0.25, -0.2) is 4.98 Å². The number of nitrogens with zero attached hydrogens (tertiary/aromatic N) is 3. The van der Waals surface area contributed by atoms with Crippen molar-refractivity contribution in [2.45, 2.75) is 36.7 Å². The lowest BCUT2D eigenvalue weighted by molar-refractivity contribution is -0.137. The Bertz CT molecular complexity index is 1130. The van der Waals surface area contributed by atoms with Gasteiger partial charge in [0.05, 0.1) is 5.69 Å². The van der Waals surface area contributed by atoms with Gasteiger partial charge in [0.2, 0.25) is 5.60 Å². The number of hydrogen-bond acceptors (Lipinski definition) is 4. The highest BCUT2D eigenvalue weighted by atomic mass is 16.3. The summed E-state index contributed by atoms with van der Waals surface area (Å²) in [5.74, 6) is 5.95. The van der Waals surface area contributed by atoms with Crippen LogP contribution in [0.1, 0.15) is 58.5 Å². The minimum absolute atomic E-state index is 0.261. The fourth-order valence-corrected chi connectivity index (χ4v) is 4.83. The third-order valence-corrected chi connectivity index (χ3v) is 6.56. The summed E-state index contributed by atoms with van der Waals surface area (Å²) >= 11 is 0. The molecule has 2 amide bonds. The number of rotatable bonds is 1. The van der Waals surface area contributed by atoms with E-state index in [0.29, 0.717) is 30.4 Å². The molecule has 7 nitrogen and oxygen atoms in total. The van der Waals surface area contributed by atoms with Crippen molar-refractivity contribution < 1.29 is 14.7 Å². The summed E-state index contributed by atoms with van der Waals surface area (Å²) in [7, 11) is 3.50. The van der Waals surface area contributed by atoms with Crippen LogP contribution in [0.2, 0.25) is 0 Å². The lowest BCUT2D eigenvalue weighted by atomic mass is 9.71. The number of hydrogen-bond donors (Lipinski definition) is 2. The van der Waals surface area contributed by atoms with Crippen molar-refractivity contribution in [3.05, 3.63) is 40.8 Å². The highest BCUT2D eigenvalue weighted by molar-refractivity contribution is 5.91. The maximum Gasteiger partial charge on any atom is 0.284 e. The summed E-state index contributed by atoms with van der Waals surface area (Å²) < 4.78 is 1.82. The van der Waals surface area contributed by atoms with Gasteiger partial charge in [-0.3, -0.25) is 9.59 Å². The first-order valence-corrected chi connectivity index (χ1v) is 9.80. The average Bonchev–Trinajstić information content (AvgIpc) is 3.02. The highest BCUT2D eigenvalue weighted by Crippen LogP contribution is 2.55. The summed E-state index contributed by atoms with van der Waals surface area (Å²) in [6.45, 7) is 0.491. The molecule has 1 aromatic heterocycles. The minimum atomic E-state index is -1.63. The van der Waals surface area contributed by atoms with E-state index in [-0.39, 0.29) is 11.7 Å². The van der Waals surface area contributed by atoms with Gasteiger partial charge in [0, 0.05) is 49.8 Å². The Morgan fingerprint density at radius 1 is 1.31 bits per heavy atom. The average molecular weight is 390 g/mol. The first kappa shape index (κ1) is 18.0. The molecule has 2 heterocycles. The number of imidazole rings is 1. The van der Waals surface area contributed by atoms with Crippen molar-refractivity contribution in [1.29, 1.82) is 0 Å². The van der Waals surface area contributed by atoms with Crippen LogP contribution in [-0.2, 0) is 11.8 Å². The molecule has 1 saturated heterocycles. The molecule has 0 unspecified atom stereocenters. The van der Waals surface area contributed by atoms with Crippen LogP contribution >= 0.6 is 0 Å². The molecule has 3 aliphatic carbocycles. The van der Waals surface area contributed by atoms with Crippen LogP contribution < -0.4 is 5.73 Å². The minimum Gasteiger partial charge on any atom is -0.369 e. The molecule has 1 atom stereocenters. The van der Waals surface area contributed by atoms with E-state index in [1.807, 2.05) is 23.7 Å². The molecule has 6 rings (SSSR count). The van der Waals surface area contributed by atoms with Crippen molar-refractivity contribution in [2.75, 3.05) is 13.6 Å². The fraction of sp³-hybridized carbons (Fsp3) is 0.409. The number of amides is 2. The van der Waals surface area contributed by atoms with Crippen molar-refractivity contribution >= 4 is 11.8 Å². The van der Waals surface area contributed by atoms with Crippen molar-refractivity contribution in [2.24, 2.45) is 12.8 Å². The summed E-state index contributed by atoms with van der Waals surface area (Å²) in [4.78, 5) is 30.0. The highest BCUT2D eigenvalue weighted by Gasteiger charge is 2.43. The molecule has 1 saturated carbocycles. The summed E-state index contributed by atoms with van der Waals surface area (Å²) in [6, 6.07) is 5.93. The Morgan fingerprint density at radius 3 is 2.72 bits per heavy atom. The predicted molar refractivity (Wildman–Crippen MR) is 106 cm³/mol. The molecule has 29 heavy (non-hydrogen) atoms. The second-order valence-electron chi connectivity index (χ2n) is 8.35. The Kier molecular flexibility index (Phi) is 3.68. The van der Waals surface area contributed by atoms with E-state index in [9.17, 15) is 14.7 Å². The summed E-state index contributed by atoms with van der Waals surface area (Å²) in [5.41, 5.74) is 8.60. The number of nitrogens with two attached hydrogens (primary N) is 1. The maximum absolute atomic E-state index is 12.2. The van der Waals surface area contributed by atoms with Crippen molar-refractivity contribution in [1.82, 2.24) is 14.5 Å². The van der Waals surface area contributed by atoms with Gasteiger partial charge in [0.1, 0.15) is 0 Å². The number of carbonyl (C=O) groups excluding carboxylic acids is 2. The second-order valence-corrected chi connectivity index (χ2v) is 8.35. The summed E-state index contributed by atoms with van der Waals surface area (Å²) in [5, 5.41) is 10.6. The van der Waals surface area contributed by atoms with E-state index < -0.39 is 11.5 Å². The topological polar surface area (TPSA) is 101 Å². The number of carbonyl (C=O) groups is 2. The van der Waals surface area contributed by atoms with Gasteiger partial charge in [-0.1, -0.05) is 17.9 Å². The molecule has 2 aromatic rings. The zero-order valence-corrected chi connectivity index (χ0v) is 16.4. The smallest absolute Gasteiger partial charge is 0.284 e. The number of likely N-dealkylation sites (N-methyl/N-ethyl adjacent to an activating group) is 1. The van der Waals surface area contributed by atoms with Gasteiger partial charge in [-0.15, -0.1) is 0 Å². The normalized spacial score (nSPS) is 26.7. The second kappa shape index (κ2) is 5.94. The van der Waals surface area contributed by atoms with Gasteiger partial charge < -0.3 is 20.3 Å². The number of likely N-dealkylation sites (tertiary alicyclic amines) is 1. The van der Waals surface area contributed by atoms with Gasteiger partial charge in [0.15, 0.2) is 5.82 Å². The molecule has 0 radical (unpaired) electrons. The van der Waals surface area contributed by atoms with Gasteiger partial charge in [0.25, 0.3) is 11.8 Å². The Labute approximate surface area is 168 Å². The quantitative estimate of drug-likeness (QED) is 0.712. The van der Waals surface area contributed by atoms with E-state index in [1.165, 1.54) is 10.5 Å². The van der Waals surface area contributed by atoms with E-state index >= 15 is 0 Å². The van der Waals surface area contributed by atoms with Crippen LogP contribution in [-0.4, -0.2) is 50.6 Å². The number of primary amides is 1. The molecule has 3 N–H and O–H groups in total. The van der Waals surface area contributed by atoms with E-state index in [0.717, 1.165) is 29.8 Å². The number of aliphatic hydroxyl groups is 1. The van der Waals surface area contributed by atoms with Gasteiger partial charge >= 0.3 is 0 Å². The first-order valence-electron chi connectivity index (χ1n) is 9.80. The lowest BCUT2D eigenvalue weighted by Crippen LogP contribution is -2.37. The van der Waals surface area contributed by atoms with Crippen molar-refractivity contribution in [3.8, 4) is 23.1 Å². The molecule has 1 aromatic carbocycles. The number of aromatic nitrogens is 2. The molecule has 2 bridgehead atoms. The van der Waals surface area contributed by atoms with Crippen molar-refractivity contribution in [3.63, 3.8) is 0 Å². The Hall–Kier alpha value is -3.11. The van der Waals surface area contributed by atoms with Crippen LogP contribution in [0.25, 0.3) is 11.3 Å². The standard InChI is InChI=1S/C22H22N4O3/c1-25-8-7-22(29,21(25)28)6-5-12-3-4-15-13-10-14(11-13)18-17(16(15)9-12)24-20(19(23)27)26(18)2/h3-4,9,13-14,29H,7-8,10-11H2,1-2H3,(H2,23,27)/t13?,14?,22-/m1/s1. The van der Waals surface area contributed by atoms with E-state index in [2.05, 4.69) is 22.9 Å². The Morgan fingerprint density at radius 2 is 2.07 bits per heavy atom. The van der Waals surface area contributed by atoms with E-state index in [4.69, 9.17) is 5.73 Å². The van der Waals surface area contributed by atoms with E-state index in [1.54, 1.807) is 7.05 Å². The lowest BCUT2D eigenvalue weighted by Gasteiger charge is -2.34. The van der Waals surface area contributed by atoms with Crippen LogP contribution in [0.3, 0.4) is 0 Å². The summed E-state index contributed by atoms with van der Waals surface area (Å²) in [6.07, 6.45) is 2.36. The third kappa shape index (κ3) is 2.52. The molecule has 7 heteroatoms. The SMILES string of the molecule is CN1CC[C@](O)(C#Cc2ccc3c(c2)-c2nc(C(N)=O)n(C)c2C2CC3C2)C1=O. The van der Waals surface area contributed by atoms with Crippen LogP contribution in [0, 0.1) is 11.8 Å². The molecular weight excluding hydrogens is 368 g/mol. The number of benzene rings is 1. The van der Waals surface area contributed by atoms with Gasteiger partial charge in [-0.2, -0.15) is 0 Å². The maximum atomic E-state index is 12.2. The monoisotopic (exact) mass is 390 g/mol. The third-order valence-electron chi connectivity index (χ3n) is 6.56. The molecule has 4 aliphatic rings. The first-order chi connectivity index (χ1) is 13.8. The van der Waals surface area contributed by atoms with Gasteiger partial charge in [-0.05, 0) is 36.5 Å². The van der Waals surface area contributed by atoms with Crippen LogP contribution in [0.15, 0.2) is 18.2 Å².